The Hall–Kier alpha value is -1.25. The minimum absolute atomic E-state index is 0.351. The van der Waals surface area contributed by atoms with Gasteiger partial charge in [0.2, 0.25) is 0 Å². The highest BCUT2D eigenvalue weighted by molar-refractivity contribution is 5.82. The topological polar surface area (TPSA) is 49.4 Å². The number of hydrogen-bond donors (Lipinski definition) is 0. The molecule has 0 aliphatic rings. The molecule has 0 N–H and O–H groups in total. The number of allylic oxidation sites excluding steroid dienone is 2. The summed E-state index contributed by atoms with van der Waals surface area (Å²) in [4.78, 5) is 10.6. The van der Waals surface area contributed by atoms with Crippen LogP contribution in [0.25, 0.3) is 0 Å². The fourth-order valence-electron chi connectivity index (χ4n) is 0.429. The van der Waals surface area contributed by atoms with E-state index >= 15 is 0 Å². The van der Waals surface area contributed by atoms with E-state index in [2.05, 4.69) is 4.74 Å². The number of esters is 1. The highest BCUT2D eigenvalue weighted by Gasteiger charge is 1.90. The lowest BCUT2D eigenvalue weighted by Crippen LogP contribution is -1.99. The van der Waals surface area contributed by atoms with E-state index in [0.717, 1.165) is 0 Å². The Kier molecular flexibility index (Phi) is 4.90. The SMILES string of the molecule is CCOC(=O)/C=C/C(C)=C/[O-]. The zero-order valence-corrected chi connectivity index (χ0v) is 6.66. The molecule has 0 aliphatic heterocycles. The number of carbonyl (C=O) groups is 1. The molecule has 0 saturated heterocycles. The molecule has 0 aromatic rings. The molecule has 0 aromatic heterocycles. The molecule has 0 unspecified atom stereocenters. The summed E-state index contributed by atoms with van der Waals surface area (Å²) in [6.07, 6.45) is 3.33. The number of ether oxygens (including phenoxy) is 1. The van der Waals surface area contributed by atoms with Crippen molar-refractivity contribution in [2.75, 3.05) is 6.61 Å². The summed E-state index contributed by atoms with van der Waals surface area (Å²) >= 11 is 0. The molecule has 0 saturated carbocycles. The number of hydrogen-bond acceptors (Lipinski definition) is 3. The fourth-order valence-corrected chi connectivity index (χ4v) is 0.429. The zero-order valence-electron chi connectivity index (χ0n) is 6.66. The molecule has 0 rings (SSSR count). The molecule has 3 heteroatoms. The van der Waals surface area contributed by atoms with Gasteiger partial charge < -0.3 is 9.84 Å². The average molecular weight is 155 g/mol. The van der Waals surface area contributed by atoms with Crippen LogP contribution in [0.3, 0.4) is 0 Å². The maximum atomic E-state index is 10.6. The molecule has 0 aliphatic carbocycles. The third-order valence-corrected chi connectivity index (χ3v) is 0.955. The first-order valence-electron chi connectivity index (χ1n) is 3.34. The molecule has 0 radical (unpaired) electrons. The second kappa shape index (κ2) is 5.53. The van der Waals surface area contributed by atoms with E-state index < -0.39 is 5.97 Å². The van der Waals surface area contributed by atoms with Crippen LogP contribution in [-0.4, -0.2) is 12.6 Å². The third-order valence-electron chi connectivity index (χ3n) is 0.955. The Bertz CT molecular complexity index is 180. The first-order valence-corrected chi connectivity index (χ1v) is 3.34. The first-order chi connectivity index (χ1) is 5.20. The molecule has 0 atom stereocenters. The third kappa shape index (κ3) is 5.21. The standard InChI is InChI=1S/C8H12O3/c1-3-11-8(10)5-4-7(2)6-9/h4-6,9H,3H2,1-2H3/p-1/b5-4+,7-6+. The molecule has 62 valence electrons. The van der Waals surface area contributed by atoms with Crippen molar-refractivity contribution in [1.29, 1.82) is 0 Å². The summed E-state index contributed by atoms with van der Waals surface area (Å²) in [6.45, 7) is 3.69. The molecule has 0 fully saturated rings. The van der Waals surface area contributed by atoms with Gasteiger partial charge in [-0.25, -0.2) is 4.79 Å². The normalized spacial score (nSPS) is 12.0. The minimum Gasteiger partial charge on any atom is -0.878 e. The predicted octanol–water partition coefficient (Wildman–Crippen LogP) is 0.370. The van der Waals surface area contributed by atoms with Crippen LogP contribution < -0.4 is 5.11 Å². The van der Waals surface area contributed by atoms with Crippen LogP contribution in [0.4, 0.5) is 0 Å². The smallest absolute Gasteiger partial charge is 0.330 e. The van der Waals surface area contributed by atoms with Gasteiger partial charge in [0.05, 0.1) is 6.61 Å². The highest BCUT2D eigenvalue weighted by Crippen LogP contribution is 1.91. The molecular weight excluding hydrogens is 144 g/mol. The van der Waals surface area contributed by atoms with Gasteiger partial charge >= 0.3 is 5.97 Å². The van der Waals surface area contributed by atoms with E-state index in [1.807, 2.05) is 0 Å². The van der Waals surface area contributed by atoms with Gasteiger partial charge in [-0.1, -0.05) is 11.6 Å². The molecule has 0 heterocycles. The summed E-state index contributed by atoms with van der Waals surface area (Å²) in [7, 11) is 0. The Morgan fingerprint density at radius 3 is 2.64 bits per heavy atom. The number of rotatable bonds is 3. The average Bonchev–Trinajstić information content (AvgIpc) is 2.01. The maximum absolute atomic E-state index is 10.6. The van der Waals surface area contributed by atoms with Crippen molar-refractivity contribution in [3.8, 4) is 0 Å². The monoisotopic (exact) mass is 155 g/mol. The largest absolute Gasteiger partial charge is 0.878 e. The summed E-state index contributed by atoms with van der Waals surface area (Å²) in [5.74, 6) is -0.422. The Morgan fingerprint density at radius 2 is 2.18 bits per heavy atom. The van der Waals surface area contributed by atoms with Gasteiger partial charge in [0.25, 0.3) is 0 Å². The quantitative estimate of drug-likeness (QED) is 0.256. The van der Waals surface area contributed by atoms with Crippen LogP contribution in [0.15, 0.2) is 24.0 Å². The maximum Gasteiger partial charge on any atom is 0.330 e. The van der Waals surface area contributed by atoms with E-state index in [4.69, 9.17) is 0 Å². The summed E-state index contributed by atoms with van der Waals surface area (Å²) in [5.41, 5.74) is 0.498. The lowest BCUT2D eigenvalue weighted by molar-refractivity contribution is -0.275. The van der Waals surface area contributed by atoms with Crippen LogP contribution in [0.2, 0.25) is 0 Å². The van der Waals surface area contributed by atoms with E-state index in [1.165, 1.54) is 12.2 Å². The van der Waals surface area contributed by atoms with Gasteiger partial charge in [0.15, 0.2) is 0 Å². The molecule has 0 aromatic carbocycles. The van der Waals surface area contributed by atoms with Crippen molar-refractivity contribution in [3.63, 3.8) is 0 Å². The molecule has 3 nitrogen and oxygen atoms in total. The van der Waals surface area contributed by atoms with E-state index in [0.29, 0.717) is 18.4 Å². The molecule has 11 heavy (non-hydrogen) atoms. The van der Waals surface area contributed by atoms with Crippen molar-refractivity contribution in [1.82, 2.24) is 0 Å². The molecule has 0 amide bonds. The predicted molar refractivity (Wildman–Crippen MR) is 39.5 cm³/mol. The Morgan fingerprint density at radius 1 is 1.55 bits per heavy atom. The molecule has 0 bridgehead atoms. The van der Waals surface area contributed by atoms with Crippen molar-refractivity contribution in [2.45, 2.75) is 13.8 Å². The van der Waals surface area contributed by atoms with Crippen molar-refractivity contribution in [3.05, 3.63) is 24.0 Å². The summed E-state index contributed by atoms with van der Waals surface area (Å²) < 4.78 is 4.58. The van der Waals surface area contributed by atoms with Crippen LogP contribution in [0.5, 0.6) is 0 Å². The molecule has 0 spiro atoms. The fraction of sp³-hybridized carbons (Fsp3) is 0.375. The van der Waals surface area contributed by atoms with Crippen LogP contribution in [-0.2, 0) is 9.53 Å². The van der Waals surface area contributed by atoms with E-state index in [1.54, 1.807) is 13.8 Å². The Balaban J connectivity index is 3.83. The van der Waals surface area contributed by atoms with Gasteiger partial charge in [-0.15, -0.1) is 6.26 Å². The summed E-state index contributed by atoms with van der Waals surface area (Å²) in [6, 6.07) is 0. The van der Waals surface area contributed by atoms with Gasteiger partial charge in [-0.05, 0) is 13.8 Å². The van der Waals surface area contributed by atoms with E-state index in [-0.39, 0.29) is 0 Å². The number of carbonyl (C=O) groups excluding carboxylic acids is 1. The van der Waals surface area contributed by atoms with Gasteiger partial charge in [0, 0.05) is 6.08 Å². The lowest BCUT2D eigenvalue weighted by atomic mass is 10.3. The van der Waals surface area contributed by atoms with Gasteiger partial charge in [0.1, 0.15) is 0 Å². The van der Waals surface area contributed by atoms with Crippen molar-refractivity contribution >= 4 is 5.97 Å². The highest BCUT2D eigenvalue weighted by atomic mass is 16.5. The zero-order chi connectivity index (χ0) is 8.69. The van der Waals surface area contributed by atoms with Gasteiger partial charge in [-0.3, -0.25) is 0 Å². The van der Waals surface area contributed by atoms with Gasteiger partial charge in [-0.2, -0.15) is 0 Å². The minimum atomic E-state index is -0.422. The van der Waals surface area contributed by atoms with Crippen LogP contribution in [0.1, 0.15) is 13.8 Å². The van der Waals surface area contributed by atoms with Crippen LogP contribution >= 0.6 is 0 Å². The Labute approximate surface area is 66.0 Å². The second-order valence-corrected chi connectivity index (χ2v) is 1.95. The van der Waals surface area contributed by atoms with Crippen molar-refractivity contribution in [2.24, 2.45) is 0 Å². The van der Waals surface area contributed by atoms with Crippen molar-refractivity contribution < 1.29 is 14.6 Å². The first kappa shape index (κ1) is 9.75. The van der Waals surface area contributed by atoms with E-state index in [9.17, 15) is 9.90 Å². The van der Waals surface area contributed by atoms with Crippen LogP contribution in [0, 0.1) is 0 Å². The molecular formula is C8H11O3-. The summed E-state index contributed by atoms with van der Waals surface area (Å²) in [5, 5.41) is 10.0. The lowest BCUT2D eigenvalue weighted by Gasteiger charge is -1.96. The second-order valence-electron chi connectivity index (χ2n) is 1.95.